The minimum atomic E-state index is -0.161. The summed E-state index contributed by atoms with van der Waals surface area (Å²) in [6.45, 7) is 1.97. The topological polar surface area (TPSA) is 42.1 Å². The Morgan fingerprint density at radius 2 is 2.13 bits per heavy atom. The van der Waals surface area contributed by atoms with Crippen LogP contribution in [-0.2, 0) is 0 Å². The molecule has 1 N–H and O–H groups in total. The second-order valence-electron chi connectivity index (χ2n) is 3.32. The quantitative estimate of drug-likeness (QED) is 0.863. The molecule has 0 unspecified atom stereocenters. The van der Waals surface area contributed by atoms with E-state index in [1.807, 2.05) is 19.1 Å². The predicted octanol–water partition coefficient (Wildman–Crippen LogP) is 2.61. The van der Waals surface area contributed by atoms with E-state index in [1.54, 1.807) is 7.11 Å². The SMILES string of the molecule is COc1cc(=O)[nH]c2c(Br)c(C)ccc12. The van der Waals surface area contributed by atoms with Gasteiger partial charge in [0.2, 0.25) is 0 Å². The number of rotatable bonds is 1. The summed E-state index contributed by atoms with van der Waals surface area (Å²) >= 11 is 3.45. The van der Waals surface area contributed by atoms with Crippen molar-refractivity contribution in [3.05, 3.63) is 38.6 Å². The summed E-state index contributed by atoms with van der Waals surface area (Å²) in [5.74, 6) is 0.592. The minimum absolute atomic E-state index is 0.161. The third-order valence-corrected chi connectivity index (χ3v) is 3.35. The van der Waals surface area contributed by atoms with E-state index >= 15 is 0 Å². The molecule has 0 atom stereocenters. The number of aryl methyl sites for hydroxylation is 1. The smallest absolute Gasteiger partial charge is 0.252 e. The molecular formula is C11H10BrNO2. The molecule has 0 saturated carbocycles. The summed E-state index contributed by atoms with van der Waals surface area (Å²) in [5.41, 5.74) is 1.69. The maximum Gasteiger partial charge on any atom is 0.252 e. The molecule has 2 aromatic rings. The standard InChI is InChI=1S/C11H10BrNO2/c1-6-3-4-7-8(15-2)5-9(14)13-11(7)10(6)12/h3-5H,1-2H3,(H,13,14). The number of benzene rings is 1. The van der Waals surface area contributed by atoms with E-state index < -0.39 is 0 Å². The highest BCUT2D eigenvalue weighted by Crippen LogP contribution is 2.29. The lowest BCUT2D eigenvalue weighted by molar-refractivity contribution is 0.419. The molecule has 0 radical (unpaired) electrons. The van der Waals surface area contributed by atoms with Crippen LogP contribution in [0.15, 0.2) is 27.5 Å². The van der Waals surface area contributed by atoms with Gasteiger partial charge >= 0.3 is 0 Å². The molecule has 3 nitrogen and oxygen atoms in total. The Labute approximate surface area is 95.2 Å². The van der Waals surface area contributed by atoms with Crippen LogP contribution in [0.5, 0.6) is 5.75 Å². The molecule has 1 heterocycles. The highest BCUT2D eigenvalue weighted by Gasteiger charge is 2.07. The third-order valence-electron chi connectivity index (χ3n) is 2.33. The van der Waals surface area contributed by atoms with Gasteiger partial charge in [-0.3, -0.25) is 4.79 Å². The van der Waals surface area contributed by atoms with Crippen molar-refractivity contribution in [3.8, 4) is 5.75 Å². The zero-order valence-corrected chi connectivity index (χ0v) is 10.0. The van der Waals surface area contributed by atoms with Gasteiger partial charge in [0, 0.05) is 15.9 Å². The molecule has 0 saturated heterocycles. The van der Waals surface area contributed by atoms with Crippen molar-refractivity contribution in [2.75, 3.05) is 7.11 Å². The van der Waals surface area contributed by atoms with Crippen molar-refractivity contribution >= 4 is 26.8 Å². The Kier molecular flexibility index (Phi) is 2.52. The van der Waals surface area contributed by atoms with Gasteiger partial charge in [-0.15, -0.1) is 0 Å². The van der Waals surface area contributed by atoms with E-state index in [0.29, 0.717) is 5.75 Å². The van der Waals surface area contributed by atoms with Gasteiger partial charge in [0.15, 0.2) is 0 Å². The number of aromatic nitrogens is 1. The summed E-state index contributed by atoms with van der Waals surface area (Å²) in [6.07, 6.45) is 0. The summed E-state index contributed by atoms with van der Waals surface area (Å²) in [4.78, 5) is 14.2. The molecule has 0 amide bonds. The summed E-state index contributed by atoms with van der Waals surface area (Å²) in [6, 6.07) is 5.36. The molecule has 1 aromatic heterocycles. The highest BCUT2D eigenvalue weighted by molar-refractivity contribution is 9.10. The zero-order chi connectivity index (χ0) is 11.0. The van der Waals surface area contributed by atoms with Gasteiger partial charge in [-0.2, -0.15) is 0 Å². The van der Waals surface area contributed by atoms with Gasteiger partial charge in [-0.1, -0.05) is 6.07 Å². The Balaban J connectivity index is 2.96. The van der Waals surface area contributed by atoms with E-state index in [9.17, 15) is 4.79 Å². The number of fused-ring (bicyclic) bond motifs is 1. The molecule has 1 aromatic carbocycles. The number of nitrogens with one attached hydrogen (secondary N) is 1. The molecule has 0 aliphatic rings. The second kappa shape index (κ2) is 3.70. The third kappa shape index (κ3) is 1.65. The van der Waals surface area contributed by atoms with Gasteiger partial charge < -0.3 is 9.72 Å². The number of hydrogen-bond acceptors (Lipinski definition) is 2. The fraction of sp³-hybridized carbons (Fsp3) is 0.182. The maximum absolute atomic E-state index is 11.4. The lowest BCUT2D eigenvalue weighted by Crippen LogP contribution is -2.05. The Morgan fingerprint density at radius 1 is 1.40 bits per heavy atom. The number of hydrogen-bond donors (Lipinski definition) is 1. The van der Waals surface area contributed by atoms with E-state index in [-0.39, 0.29) is 5.56 Å². The zero-order valence-electron chi connectivity index (χ0n) is 8.43. The molecule has 4 heteroatoms. The first-order chi connectivity index (χ1) is 7.13. The number of aromatic amines is 1. The molecule has 78 valence electrons. The predicted molar refractivity (Wildman–Crippen MR) is 63.6 cm³/mol. The van der Waals surface area contributed by atoms with Crippen LogP contribution in [0.25, 0.3) is 10.9 Å². The first-order valence-electron chi connectivity index (χ1n) is 4.49. The average Bonchev–Trinajstić information content (AvgIpc) is 2.23. The number of halogens is 1. The van der Waals surface area contributed by atoms with Gasteiger partial charge in [0.05, 0.1) is 12.6 Å². The van der Waals surface area contributed by atoms with Crippen LogP contribution in [-0.4, -0.2) is 12.1 Å². The molecule has 15 heavy (non-hydrogen) atoms. The molecule has 0 bridgehead atoms. The van der Waals surface area contributed by atoms with Gasteiger partial charge in [-0.05, 0) is 34.5 Å². The second-order valence-corrected chi connectivity index (χ2v) is 4.11. The Morgan fingerprint density at radius 3 is 2.80 bits per heavy atom. The fourth-order valence-electron chi connectivity index (χ4n) is 1.53. The van der Waals surface area contributed by atoms with Gasteiger partial charge in [0.1, 0.15) is 5.75 Å². The highest BCUT2D eigenvalue weighted by atomic mass is 79.9. The normalized spacial score (nSPS) is 10.6. The monoisotopic (exact) mass is 267 g/mol. The van der Waals surface area contributed by atoms with Crippen molar-refractivity contribution in [3.63, 3.8) is 0 Å². The van der Waals surface area contributed by atoms with E-state index in [1.165, 1.54) is 6.07 Å². The summed E-state index contributed by atoms with van der Waals surface area (Å²) in [5, 5.41) is 0.898. The van der Waals surface area contributed by atoms with Crippen molar-refractivity contribution in [2.45, 2.75) is 6.92 Å². The molecule has 2 rings (SSSR count). The Hall–Kier alpha value is -1.29. The van der Waals surface area contributed by atoms with E-state index in [0.717, 1.165) is 20.9 Å². The molecule has 0 aliphatic heterocycles. The molecular weight excluding hydrogens is 258 g/mol. The number of methoxy groups -OCH3 is 1. The first kappa shape index (κ1) is 10.2. The molecule has 0 spiro atoms. The summed E-state index contributed by atoms with van der Waals surface area (Å²) < 4.78 is 6.06. The van der Waals surface area contributed by atoms with Crippen molar-refractivity contribution < 1.29 is 4.74 Å². The van der Waals surface area contributed by atoms with Crippen molar-refractivity contribution in [2.24, 2.45) is 0 Å². The van der Waals surface area contributed by atoms with Crippen molar-refractivity contribution in [1.29, 1.82) is 0 Å². The van der Waals surface area contributed by atoms with E-state index in [4.69, 9.17) is 4.74 Å². The van der Waals surface area contributed by atoms with Gasteiger partial charge in [-0.25, -0.2) is 0 Å². The van der Waals surface area contributed by atoms with E-state index in [2.05, 4.69) is 20.9 Å². The Bertz CT molecular complexity index is 575. The van der Waals surface area contributed by atoms with Crippen LogP contribution in [0, 0.1) is 6.92 Å². The van der Waals surface area contributed by atoms with Crippen LogP contribution < -0.4 is 10.3 Å². The van der Waals surface area contributed by atoms with Crippen LogP contribution in [0.3, 0.4) is 0 Å². The molecule has 0 aliphatic carbocycles. The van der Waals surface area contributed by atoms with Crippen LogP contribution in [0.1, 0.15) is 5.56 Å². The minimum Gasteiger partial charge on any atom is -0.496 e. The number of ether oxygens (including phenoxy) is 1. The van der Waals surface area contributed by atoms with Crippen molar-refractivity contribution in [1.82, 2.24) is 4.98 Å². The maximum atomic E-state index is 11.4. The number of pyridine rings is 1. The average molecular weight is 268 g/mol. The van der Waals surface area contributed by atoms with Crippen LogP contribution in [0.4, 0.5) is 0 Å². The van der Waals surface area contributed by atoms with Crippen LogP contribution in [0.2, 0.25) is 0 Å². The van der Waals surface area contributed by atoms with Gasteiger partial charge in [0.25, 0.3) is 5.56 Å². The van der Waals surface area contributed by atoms with Crippen LogP contribution >= 0.6 is 15.9 Å². The largest absolute Gasteiger partial charge is 0.496 e. The lowest BCUT2D eigenvalue weighted by Gasteiger charge is -2.07. The summed E-state index contributed by atoms with van der Waals surface area (Å²) in [7, 11) is 1.56. The fourth-order valence-corrected chi connectivity index (χ4v) is 1.98. The first-order valence-corrected chi connectivity index (χ1v) is 5.29. The lowest BCUT2D eigenvalue weighted by atomic mass is 10.1. The number of H-pyrrole nitrogens is 1. The molecule has 0 fully saturated rings.